The number of hydrogen-bond acceptors (Lipinski definition) is 2. The van der Waals surface area contributed by atoms with Crippen LogP contribution in [0, 0.1) is 5.21 Å². The van der Waals surface area contributed by atoms with E-state index in [1.165, 1.54) is 0 Å². The zero-order valence-electron chi connectivity index (χ0n) is 6.61. The van der Waals surface area contributed by atoms with E-state index in [4.69, 9.17) is 0 Å². The van der Waals surface area contributed by atoms with E-state index in [0.717, 1.165) is 10.6 Å². The number of nitrogens with zero attached hydrogens (tertiary/aromatic N) is 1. The minimum atomic E-state index is -0.395. The first-order chi connectivity index (χ1) is 5.00. The highest BCUT2D eigenvalue weighted by Crippen LogP contribution is 2.18. The Balaban J connectivity index is 2.99. The lowest BCUT2D eigenvalue weighted by atomic mass is 10.3. The first-order valence-corrected chi connectivity index (χ1v) is 3.79. The van der Waals surface area contributed by atoms with Crippen LogP contribution in [-0.2, 0) is 0 Å². The summed E-state index contributed by atoms with van der Waals surface area (Å²) >= 11 is 4.12. The number of rotatable bonds is 1. The third-order valence-corrected chi connectivity index (χ3v) is 1.77. The molecule has 0 bridgehead atoms. The van der Waals surface area contributed by atoms with Gasteiger partial charge in [0.15, 0.2) is 0 Å². The van der Waals surface area contributed by atoms with Crippen LogP contribution in [-0.4, -0.2) is 14.1 Å². The Morgan fingerprint density at radius 3 is 2.00 bits per heavy atom. The Hall–Kier alpha value is -0.510. The second kappa shape index (κ2) is 2.85. The van der Waals surface area contributed by atoms with Crippen molar-refractivity contribution in [1.82, 2.24) is 4.65 Å². The van der Waals surface area contributed by atoms with Crippen LogP contribution >= 0.6 is 12.6 Å². The molecular weight excluding hydrogens is 158 g/mol. The van der Waals surface area contributed by atoms with Crippen molar-refractivity contribution in [3.63, 3.8) is 0 Å². The zero-order valence-corrected chi connectivity index (χ0v) is 7.51. The summed E-state index contributed by atoms with van der Waals surface area (Å²) in [6.45, 7) is 0. The zero-order chi connectivity index (χ0) is 8.48. The topological polar surface area (TPSA) is 23.1 Å². The fourth-order valence-corrected chi connectivity index (χ4v) is 0.961. The van der Waals surface area contributed by atoms with Gasteiger partial charge in [-0.3, -0.25) is 0 Å². The van der Waals surface area contributed by atoms with Crippen molar-refractivity contribution >= 4 is 18.3 Å². The molecule has 0 saturated carbocycles. The molecular formula is C8H11NOS. The lowest BCUT2D eigenvalue weighted by Crippen LogP contribution is -2.32. The number of quaternary nitrogens is 1. The van der Waals surface area contributed by atoms with Gasteiger partial charge in [-0.25, -0.2) is 0 Å². The SMILES string of the molecule is C[N+](C)([O-])c1ccc(S)cc1. The number of hydroxylamine groups is 2. The Morgan fingerprint density at radius 2 is 1.64 bits per heavy atom. The standard InChI is InChI=1S/C8H11NOS/c1-9(2,10)7-3-5-8(11)6-4-7/h3-6,11H,1-2H3. The lowest BCUT2D eigenvalue weighted by molar-refractivity contribution is 0.543. The van der Waals surface area contributed by atoms with Crippen molar-refractivity contribution in [1.29, 1.82) is 0 Å². The summed E-state index contributed by atoms with van der Waals surface area (Å²) in [6, 6.07) is 7.21. The van der Waals surface area contributed by atoms with Gasteiger partial charge in [-0.15, -0.1) is 12.6 Å². The first-order valence-electron chi connectivity index (χ1n) is 3.35. The molecule has 0 spiro atoms. The highest BCUT2D eigenvalue weighted by atomic mass is 32.1. The van der Waals surface area contributed by atoms with Crippen LogP contribution in [0.1, 0.15) is 0 Å². The van der Waals surface area contributed by atoms with Gasteiger partial charge < -0.3 is 9.85 Å². The number of hydrogen-bond donors (Lipinski definition) is 1. The number of thiol groups is 1. The summed E-state index contributed by atoms with van der Waals surface area (Å²) in [5.41, 5.74) is 0.739. The third kappa shape index (κ3) is 2.22. The second-order valence-electron chi connectivity index (χ2n) is 2.87. The van der Waals surface area contributed by atoms with Crippen LogP contribution in [0.4, 0.5) is 5.69 Å². The van der Waals surface area contributed by atoms with Gasteiger partial charge in [-0.1, -0.05) is 0 Å². The van der Waals surface area contributed by atoms with E-state index < -0.39 is 4.65 Å². The smallest absolute Gasteiger partial charge is 0.132 e. The maximum Gasteiger partial charge on any atom is 0.132 e. The average molecular weight is 169 g/mol. The van der Waals surface area contributed by atoms with E-state index in [9.17, 15) is 5.21 Å². The van der Waals surface area contributed by atoms with Crippen LogP contribution in [0.3, 0.4) is 0 Å². The maximum absolute atomic E-state index is 11.3. The fraction of sp³-hybridized carbons (Fsp3) is 0.250. The van der Waals surface area contributed by atoms with Crippen LogP contribution in [0.2, 0.25) is 0 Å². The highest BCUT2D eigenvalue weighted by molar-refractivity contribution is 7.80. The minimum absolute atomic E-state index is 0.395. The molecule has 0 N–H and O–H groups in total. The van der Waals surface area contributed by atoms with Crippen LogP contribution in [0.15, 0.2) is 29.2 Å². The van der Waals surface area contributed by atoms with E-state index >= 15 is 0 Å². The predicted octanol–water partition coefficient (Wildman–Crippen LogP) is 2.04. The molecule has 0 aliphatic rings. The minimum Gasteiger partial charge on any atom is -0.628 e. The van der Waals surface area contributed by atoms with Gasteiger partial charge in [0.25, 0.3) is 0 Å². The highest BCUT2D eigenvalue weighted by Gasteiger charge is 2.05. The van der Waals surface area contributed by atoms with Gasteiger partial charge in [0, 0.05) is 17.0 Å². The molecule has 0 heterocycles. The van der Waals surface area contributed by atoms with Crippen LogP contribution in [0.25, 0.3) is 0 Å². The Labute approximate surface area is 72.0 Å². The molecule has 1 rings (SSSR count). The molecule has 0 aliphatic carbocycles. The van der Waals surface area contributed by atoms with E-state index in [1.807, 2.05) is 12.1 Å². The Morgan fingerprint density at radius 1 is 1.18 bits per heavy atom. The summed E-state index contributed by atoms with van der Waals surface area (Å²) < 4.78 is -0.395. The van der Waals surface area contributed by atoms with Crippen molar-refractivity contribution in [2.75, 3.05) is 14.1 Å². The van der Waals surface area contributed by atoms with Gasteiger partial charge >= 0.3 is 0 Å². The lowest BCUT2D eigenvalue weighted by Gasteiger charge is -2.32. The van der Waals surface area contributed by atoms with Gasteiger partial charge in [0.2, 0.25) is 0 Å². The van der Waals surface area contributed by atoms with Crippen LogP contribution in [0.5, 0.6) is 0 Å². The summed E-state index contributed by atoms with van der Waals surface area (Å²) in [4.78, 5) is 0.877. The first kappa shape index (κ1) is 8.59. The van der Waals surface area contributed by atoms with Crippen LogP contribution < -0.4 is 4.65 Å². The largest absolute Gasteiger partial charge is 0.628 e. The molecule has 2 nitrogen and oxygen atoms in total. The van der Waals surface area contributed by atoms with E-state index in [-0.39, 0.29) is 0 Å². The van der Waals surface area contributed by atoms with E-state index in [0.29, 0.717) is 0 Å². The molecule has 60 valence electrons. The van der Waals surface area contributed by atoms with Crippen molar-refractivity contribution in [2.45, 2.75) is 4.90 Å². The normalized spacial score (nSPS) is 11.6. The molecule has 0 unspecified atom stereocenters. The molecule has 1 aromatic rings. The maximum atomic E-state index is 11.3. The summed E-state index contributed by atoms with van der Waals surface area (Å²) in [6.07, 6.45) is 0. The quantitative estimate of drug-likeness (QED) is 0.388. The van der Waals surface area contributed by atoms with Crippen molar-refractivity contribution in [2.24, 2.45) is 0 Å². The van der Waals surface area contributed by atoms with Gasteiger partial charge in [-0.2, -0.15) is 0 Å². The molecule has 0 aliphatic heterocycles. The third-order valence-electron chi connectivity index (χ3n) is 1.47. The van der Waals surface area contributed by atoms with Crippen molar-refractivity contribution in [3.05, 3.63) is 29.5 Å². The molecule has 0 atom stereocenters. The average Bonchev–Trinajstić information content (AvgIpc) is 1.86. The predicted molar refractivity (Wildman–Crippen MR) is 50.7 cm³/mol. The van der Waals surface area contributed by atoms with Gasteiger partial charge in [0.05, 0.1) is 14.1 Å². The molecule has 0 radical (unpaired) electrons. The van der Waals surface area contributed by atoms with E-state index in [1.54, 1.807) is 26.2 Å². The fourth-order valence-electron chi connectivity index (χ4n) is 0.812. The molecule has 0 aromatic heterocycles. The van der Waals surface area contributed by atoms with Gasteiger partial charge in [-0.05, 0) is 12.1 Å². The van der Waals surface area contributed by atoms with Crippen molar-refractivity contribution < 1.29 is 0 Å². The van der Waals surface area contributed by atoms with E-state index in [2.05, 4.69) is 12.6 Å². The summed E-state index contributed by atoms with van der Waals surface area (Å²) in [5.74, 6) is 0. The molecule has 1 aromatic carbocycles. The summed E-state index contributed by atoms with van der Waals surface area (Å²) in [7, 11) is 3.18. The second-order valence-corrected chi connectivity index (χ2v) is 3.38. The van der Waals surface area contributed by atoms with Crippen molar-refractivity contribution in [3.8, 4) is 0 Å². The molecule has 0 fully saturated rings. The monoisotopic (exact) mass is 169 g/mol. The Bertz CT molecular complexity index is 237. The Kier molecular flexibility index (Phi) is 2.23. The molecule has 0 saturated heterocycles. The van der Waals surface area contributed by atoms with Gasteiger partial charge in [0.1, 0.15) is 5.69 Å². The molecule has 3 heteroatoms. The molecule has 11 heavy (non-hydrogen) atoms. The number of benzene rings is 1. The molecule has 0 amide bonds. The summed E-state index contributed by atoms with van der Waals surface area (Å²) in [5, 5.41) is 11.3.